The second kappa shape index (κ2) is 9.10. The van der Waals surface area contributed by atoms with Crippen molar-refractivity contribution in [1.29, 1.82) is 5.41 Å². The van der Waals surface area contributed by atoms with Crippen LogP contribution in [0.15, 0.2) is 24.3 Å². The molecule has 0 fully saturated rings. The Labute approximate surface area is 124 Å². The lowest BCUT2D eigenvalue weighted by Crippen LogP contribution is -2.17. The average molecular weight is 294 g/mol. The van der Waals surface area contributed by atoms with Crippen LogP contribution in [0.2, 0.25) is 0 Å². The zero-order valence-corrected chi connectivity index (χ0v) is 12.4. The predicted molar refractivity (Wildman–Crippen MR) is 81.3 cm³/mol. The van der Waals surface area contributed by atoms with Gasteiger partial charge in [0, 0.05) is 17.3 Å². The first-order chi connectivity index (χ1) is 10.0. The number of hydrogen-bond acceptors (Lipinski definition) is 5. The number of anilines is 1. The molecule has 0 bridgehead atoms. The Morgan fingerprint density at radius 2 is 1.86 bits per heavy atom. The molecule has 6 nitrogen and oxygen atoms in total. The van der Waals surface area contributed by atoms with Crippen molar-refractivity contribution in [1.82, 2.24) is 0 Å². The highest BCUT2D eigenvalue weighted by molar-refractivity contribution is 6.03. The van der Waals surface area contributed by atoms with Gasteiger partial charge in [-0.3, -0.25) is 0 Å². The van der Waals surface area contributed by atoms with E-state index in [1.807, 2.05) is 38.1 Å². The molecule has 1 aromatic carbocycles. The van der Waals surface area contributed by atoms with E-state index in [2.05, 4.69) is 5.32 Å². The summed E-state index contributed by atoms with van der Waals surface area (Å²) in [6.07, 6.45) is 0. The van der Waals surface area contributed by atoms with Gasteiger partial charge in [0.05, 0.1) is 25.5 Å². The minimum Gasteiger partial charge on any atom is -0.480 e. The summed E-state index contributed by atoms with van der Waals surface area (Å²) in [5, 5.41) is 19.8. The highest BCUT2D eigenvalue weighted by atomic mass is 16.5. The van der Waals surface area contributed by atoms with Crippen molar-refractivity contribution < 1.29 is 19.4 Å². The number of benzene rings is 1. The van der Waals surface area contributed by atoms with Crippen LogP contribution >= 0.6 is 0 Å². The van der Waals surface area contributed by atoms with Gasteiger partial charge in [0.2, 0.25) is 0 Å². The number of nitrogens with one attached hydrogen (secondary N) is 2. The lowest BCUT2D eigenvalue weighted by molar-refractivity contribution is -0.142. The predicted octanol–water partition coefficient (Wildman–Crippen LogP) is 1.99. The average Bonchev–Trinajstić information content (AvgIpc) is 2.42. The standard InChI is InChI=1S/C15H22N2O4/c1-11(2)17-14-6-4-3-5-12(14)13(16)9-20-7-8-21-10-15(18)19/h3-6,11,16-17H,7-10H2,1-2H3,(H,18,19). The molecule has 0 saturated heterocycles. The maximum Gasteiger partial charge on any atom is 0.329 e. The first-order valence-electron chi connectivity index (χ1n) is 6.81. The van der Waals surface area contributed by atoms with Gasteiger partial charge in [-0.1, -0.05) is 18.2 Å². The molecule has 0 atom stereocenters. The monoisotopic (exact) mass is 294 g/mol. The Morgan fingerprint density at radius 1 is 1.24 bits per heavy atom. The first kappa shape index (κ1) is 17.1. The lowest BCUT2D eigenvalue weighted by Gasteiger charge is -2.15. The molecule has 3 N–H and O–H groups in total. The highest BCUT2D eigenvalue weighted by Gasteiger charge is 2.08. The molecule has 0 aliphatic rings. The van der Waals surface area contributed by atoms with E-state index in [9.17, 15) is 4.79 Å². The van der Waals surface area contributed by atoms with Crippen LogP contribution in [0.5, 0.6) is 0 Å². The number of carboxylic acids is 1. The Kier molecular flexibility index (Phi) is 7.42. The molecule has 21 heavy (non-hydrogen) atoms. The Bertz CT molecular complexity index is 474. The van der Waals surface area contributed by atoms with E-state index >= 15 is 0 Å². The summed E-state index contributed by atoms with van der Waals surface area (Å²) < 4.78 is 10.2. The molecule has 0 unspecified atom stereocenters. The molecule has 1 rings (SSSR count). The zero-order chi connectivity index (χ0) is 15.7. The third kappa shape index (κ3) is 6.87. The van der Waals surface area contributed by atoms with Gasteiger partial charge in [-0.15, -0.1) is 0 Å². The quantitative estimate of drug-likeness (QED) is 0.453. The van der Waals surface area contributed by atoms with Crippen molar-refractivity contribution in [3.63, 3.8) is 0 Å². The molecule has 116 valence electrons. The fourth-order valence-corrected chi connectivity index (χ4v) is 1.71. The van der Waals surface area contributed by atoms with Gasteiger partial charge in [-0.05, 0) is 19.9 Å². The van der Waals surface area contributed by atoms with Gasteiger partial charge in [0.15, 0.2) is 0 Å². The summed E-state index contributed by atoms with van der Waals surface area (Å²) in [4.78, 5) is 10.2. The molecule has 0 spiro atoms. The zero-order valence-electron chi connectivity index (χ0n) is 12.4. The minimum absolute atomic E-state index is 0.160. The summed E-state index contributed by atoms with van der Waals surface area (Å²) in [5.41, 5.74) is 2.08. The van der Waals surface area contributed by atoms with Crippen LogP contribution in [0, 0.1) is 5.41 Å². The summed E-state index contributed by atoms with van der Waals surface area (Å²) in [6.45, 7) is 4.36. The van der Waals surface area contributed by atoms with Crippen LogP contribution in [0.4, 0.5) is 5.69 Å². The van der Waals surface area contributed by atoms with Crippen LogP contribution in [0.3, 0.4) is 0 Å². The molecule has 6 heteroatoms. The lowest BCUT2D eigenvalue weighted by atomic mass is 10.1. The minimum atomic E-state index is -1.00. The highest BCUT2D eigenvalue weighted by Crippen LogP contribution is 2.16. The molecule has 0 aromatic heterocycles. The second-order valence-corrected chi connectivity index (χ2v) is 4.82. The smallest absolute Gasteiger partial charge is 0.329 e. The fraction of sp³-hybridized carbons (Fsp3) is 0.467. The Hall–Kier alpha value is -1.92. The number of aliphatic carboxylic acids is 1. The van der Waals surface area contributed by atoms with Crippen LogP contribution < -0.4 is 5.32 Å². The number of ether oxygens (including phenoxy) is 2. The van der Waals surface area contributed by atoms with Crippen molar-refractivity contribution in [2.45, 2.75) is 19.9 Å². The summed E-state index contributed by atoms with van der Waals surface area (Å²) in [7, 11) is 0. The molecule has 0 saturated carbocycles. The van der Waals surface area contributed by atoms with Crippen molar-refractivity contribution >= 4 is 17.4 Å². The fourth-order valence-electron chi connectivity index (χ4n) is 1.71. The van der Waals surface area contributed by atoms with E-state index in [0.29, 0.717) is 5.71 Å². The Morgan fingerprint density at radius 3 is 2.48 bits per heavy atom. The van der Waals surface area contributed by atoms with Crippen LogP contribution in [0.25, 0.3) is 0 Å². The SMILES string of the molecule is CC(C)Nc1ccccc1C(=N)COCCOCC(=O)O. The van der Waals surface area contributed by atoms with Crippen LogP contribution in [-0.4, -0.2) is 49.3 Å². The molecular weight excluding hydrogens is 272 g/mol. The first-order valence-corrected chi connectivity index (χ1v) is 6.81. The maximum absolute atomic E-state index is 10.2. The summed E-state index contributed by atoms with van der Waals surface area (Å²) in [5.74, 6) is -1.00. The van der Waals surface area contributed by atoms with Crippen molar-refractivity contribution in [2.24, 2.45) is 0 Å². The number of rotatable bonds is 10. The van der Waals surface area contributed by atoms with Gasteiger partial charge >= 0.3 is 5.97 Å². The molecule has 0 aliphatic carbocycles. The van der Waals surface area contributed by atoms with Crippen molar-refractivity contribution in [3.05, 3.63) is 29.8 Å². The second-order valence-electron chi connectivity index (χ2n) is 4.82. The third-order valence-electron chi connectivity index (χ3n) is 2.54. The molecule has 0 heterocycles. The summed E-state index contributed by atoms with van der Waals surface area (Å²) in [6, 6.07) is 7.88. The van der Waals surface area contributed by atoms with Gasteiger partial charge in [0.1, 0.15) is 6.61 Å². The molecule has 0 aliphatic heterocycles. The van der Waals surface area contributed by atoms with Crippen molar-refractivity contribution in [3.8, 4) is 0 Å². The van der Waals surface area contributed by atoms with E-state index < -0.39 is 5.97 Å². The van der Waals surface area contributed by atoms with E-state index in [-0.39, 0.29) is 32.5 Å². The normalized spacial score (nSPS) is 10.6. The van der Waals surface area contributed by atoms with E-state index in [1.165, 1.54) is 0 Å². The number of para-hydroxylation sites is 1. The number of hydrogen-bond donors (Lipinski definition) is 3. The van der Waals surface area contributed by atoms with E-state index in [1.54, 1.807) is 0 Å². The number of carbonyl (C=O) groups is 1. The molecule has 0 amide bonds. The van der Waals surface area contributed by atoms with Gasteiger partial charge in [-0.2, -0.15) is 0 Å². The third-order valence-corrected chi connectivity index (χ3v) is 2.54. The largest absolute Gasteiger partial charge is 0.480 e. The van der Waals surface area contributed by atoms with Crippen molar-refractivity contribution in [2.75, 3.05) is 31.7 Å². The summed E-state index contributed by atoms with van der Waals surface area (Å²) >= 11 is 0. The molecule has 0 radical (unpaired) electrons. The van der Waals surface area contributed by atoms with Crippen LogP contribution in [0.1, 0.15) is 19.4 Å². The van der Waals surface area contributed by atoms with Gasteiger partial charge < -0.3 is 25.3 Å². The van der Waals surface area contributed by atoms with E-state index in [0.717, 1.165) is 11.3 Å². The topological polar surface area (TPSA) is 91.6 Å². The van der Waals surface area contributed by atoms with Gasteiger partial charge in [0.25, 0.3) is 0 Å². The van der Waals surface area contributed by atoms with Gasteiger partial charge in [-0.25, -0.2) is 4.79 Å². The maximum atomic E-state index is 10.2. The molecular formula is C15H22N2O4. The molecule has 1 aromatic rings. The van der Waals surface area contributed by atoms with Crippen LogP contribution in [-0.2, 0) is 14.3 Å². The van der Waals surface area contributed by atoms with E-state index in [4.69, 9.17) is 20.0 Å². The number of carboxylic acid groups (broad SMARTS) is 1. The Balaban J connectivity index is 2.40.